The third kappa shape index (κ3) is 4.37. The Bertz CT molecular complexity index is 527. The lowest BCUT2D eigenvalue weighted by Crippen LogP contribution is -2.42. The van der Waals surface area contributed by atoms with Crippen LogP contribution in [0.15, 0.2) is 24.3 Å². The minimum Gasteiger partial charge on any atom is -0.375 e. The lowest BCUT2D eigenvalue weighted by Gasteiger charge is -2.35. The van der Waals surface area contributed by atoms with E-state index in [9.17, 15) is 4.79 Å². The molecule has 132 valence electrons. The normalized spacial score (nSPS) is 25.7. The Morgan fingerprint density at radius 2 is 1.62 bits per heavy atom. The van der Waals surface area contributed by atoms with E-state index >= 15 is 0 Å². The number of nitrogens with two attached hydrogens (primary N) is 1. The second kappa shape index (κ2) is 8.13. The van der Waals surface area contributed by atoms with Crippen LogP contribution in [0.1, 0.15) is 61.4 Å². The Kier molecular flexibility index (Phi) is 5.90. The van der Waals surface area contributed by atoms with Crippen molar-refractivity contribution < 1.29 is 9.53 Å². The first-order valence-electron chi connectivity index (χ1n) is 9.39. The van der Waals surface area contributed by atoms with Crippen molar-refractivity contribution in [3.8, 4) is 0 Å². The molecule has 1 aliphatic carbocycles. The minimum atomic E-state index is 0.128. The number of benzene rings is 1. The molecule has 0 radical (unpaired) electrons. The molecule has 4 nitrogen and oxygen atoms in total. The number of likely N-dealkylation sites (tertiary alicyclic amines) is 1. The summed E-state index contributed by atoms with van der Waals surface area (Å²) in [6, 6.07) is 7.65. The molecule has 1 amide bonds. The van der Waals surface area contributed by atoms with Gasteiger partial charge in [-0.1, -0.05) is 19.1 Å². The molecule has 0 bridgehead atoms. The smallest absolute Gasteiger partial charge is 0.253 e. The summed E-state index contributed by atoms with van der Waals surface area (Å²) in [7, 11) is 0. The van der Waals surface area contributed by atoms with Crippen molar-refractivity contribution >= 4 is 5.91 Å². The average Bonchev–Trinajstić information content (AvgIpc) is 2.64. The van der Waals surface area contributed by atoms with Crippen LogP contribution in [0, 0.1) is 5.92 Å². The molecular weight excluding hydrogens is 300 g/mol. The topological polar surface area (TPSA) is 55.6 Å². The fourth-order valence-electron chi connectivity index (χ4n) is 3.80. The highest BCUT2D eigenvalue weighted by molar-refractivity contribution is 5.94. The SMILES string of the molecule is CC1CCC(OC2CCN(C(=O)c3ccc(CN)cc3)CC2)CC1. The summed E-state index contributed by atoms with van der Waals surface area (Å²) < 4.78 is 6.29. The molecule has 1 saturated heterocycles. The van der Waals surface area contributed by atoms with Crippen LogP contribution < -0.4 is 5.73 Å². The maximum atomic E-state index is 12.6. The Labute approximate surface area is 145 Å². The van der Waals surface area contributed by atoms with Gasteiger partial charge in [0.1, 0.15) is 0 Å². The van der Waals surface area contributed by atoms with Gasteiger partial charge in [0, 0.05) is 25.2 Å². The Balaban J connectivity index is 1.46. The number of ether oxygens (including phenoxy) is 1. The highest BCUT2D eigenvalue weighted by atomic mass is 16.5. The number of carbonyl (C=O) groups excluding carboxylic acids is 1. The van der Waals surface area contributed by atoms with Crippen LogP contribution in [0.5, 0.6) is 0 Å². The molecule has 4 heteroatoms. The van der Waals surface area contributed by atoms with E-state index in [-0.39, 0.29) is 5.91 Å². The van der Waals surface area contributed by atoms with Crippen molar-refractivity contribution in [3.63, 3.8) is 0 Å². The zero-order valence-corrected chi connectivity index (χ0v) is 14.7. The number of carbonyl (C=O) groups is 1. The fraction of sp³-hybridized carbons (Fsp3) is 0.650. The number of piperidine rings is 1. The molecule has 1 aliphatic heterocycles. The van der Waals surface area contributed by atoms with Crippen molar-refractivity contribution in [1.82, 2.24) is 4.90 Å². The maximum Gasteiger partial charge on any atom is 0.253 e. The Morgan fingerprint density at radius 1 is 1.04 bits per heavy atom. The van der Waals surface area contributed by atoms with Gasteiger partial charge >= 0.3 is 0 Å². The summed E-state index contributed by atoms with van der Waals surface area (Å²) in [5.74, 6) is 0.985. The number of hydrogen-bond donors (Lipinski definition) is 1. The fourth-order valence-corrected chi connectivity index (χ4v) is 3.80. The van der Waals surface area contributed by atoms with Crippen LogP contribution in [0.3, 0.4) is 0 Å². The predicted octanol–water partition coefficient (Wildman–Crippen LogP) is 3.35. The quantitative estimate of drug-likeness (QED) is 0.921. The van der Waals surface area contributed by atoms with Crippen molar-refractivity contribution in [2.75, 3.05) is 13.1 Å². The van der Waals surface area contributed by atoms with Gasteiger partial charge < -0.3 is 15.4 Å². The average molecular weight is 330 g/mol. The van der Waals surface area contributed by atoms with Gasteiger partial charge in [-0.05, 0) is 62.1 Å². The van der Waals surface area contributed by atoms with Crippen molar-refractivity contribution in [3.05, 3.63) is 35.4 Å². The maximum absolute atomic E-state index is 12.6. The lowest BCUT2D eigenvalue weighted by atomic mass is 9.88. The first-order chi connectivity index (χ1) is 11.7. The third-order valence-electron chi connectivity index (χ3n) is 5.51. The molecule has 3 rings (SSSR count). The monoisotopic (exact) mass is 330 g/mol. The standard InChI is InChI=1S/C20H30N2O2/c1-15-2-8-18(9-3-15)24-19-10-12-22(13-11-19)20(23)17-6-4-16(14-21)5-7-17/h4-7,15,18-19H,2-3,8-14,21H2,1H3. The molecule has 2 aliphatic rings. The van der Waals surface area contributed by atoms with E-state index in [0.29, 0.717) is 18.8 Å². The zero-order chi connectivity index (χ0) is 16.9. The van der Waals surface area contributed by atoms with E-state index in [1.807, 2.05) is 29.2 Å². The van der Waals surface area contributed by atoms with Gasteiger partial charge in [0.05, 0.1) is 12.2 Å². The molecular formula is C20H30N2O2. The second-order valence-electron chi connectivity index (χ2n) is 7.41. The van der Waals surface area contributed by atoms with Crippen molar-refractivity contribution in [2.24, 2.45) is 11.7 Å². The van der Waals surface area contributed by atoms with Gasteiger partial charge in [0.2, 0.25) is 0 Å². The first-order valence-corrected chi connectivity index (χ1v) is 9.39. The van der Waals surface area contributed by atoms with Gasteiger partial charge in [-0.15, -0.1) is 0 Å². The summed E-state index contributed by atoms with van der Waals surface area (Å²) in [6.45, 7) is 4.44. The largest absolute Gasteiger partial charge is 0.375 e. The summed E-state index contributed by atoms with van der Waals surface area (Å²) in [5.41, 5.74) is 7.42. The zero-order valence-electron chi connectivity index (χ0n) is 14.7. The summed E-state index contributed by atoms with van der Waals surface area (Å²) in [4.78, 5) is 14.5. The van der Waals surface area contributed by atoms with Gasteiger partial charge in [-0.25, -0.2) is 0 Å². The number of amides is 1. The number of nitrogens with zero attached hydrogens (tertiary/aromatic N) is 1. The summed E-state index contributed by atoms with van der Waals surface area (Å²) >= 11 is 0. The van der Waals surface area contributed by atoms with E-state index in [2.05, 4.69) is 6.92 Å². The van der Waals surface area contributed by atoms with Crippen LogP contribution in [-0.2, 0) is 11.3 Å². The molecule has 1 aromatic rings. The van der Waals surface area contributed by atoms with E-state index in [0.717, 1.165) is 43.0 Å². The highest BCUT2D eigenvalue weighted by Gasteiger charge is 2.27. The molecule has 2 N–H and O–H groups in total. The molecule has 0 atom stereocenters. The van der Waals surface area contributed by atoms with Gasteiger partial charge in [-0.2, -0.15) is 0 Å². The molecule has 24 heavy (non-hydrogen) atoms. The second-order valence-corrected chi connectivity index (χ2v) is 7.41. The first kappa shape index (κ1) is 17.4. The lowest BCUT2D eigenvalue weighted by molar-refractivity contribution is -0.0570. The van der Waals surface area contributed by atoms with Crippen LogP contribution >= 0.6 is 0 Å². The Hall–Kier alpha value is -1.39. The molecule has 2 fully saturated rings. The van der Waals surface area contributed by atoms with Crippen LogP contribution in [-0.4, -0.2) is 36.1 Å². The molecule has 1 heterocycles. The Morgan fingerprint density at radius 3 is 2.21 bits per heavy atom. The molecule has 0 aromatic heterocycles. The van der Waals surface area contributed by atoms with E-state index in [1.165, 1.54) is 25.7 Å². The van der Waals surface area contributed by atoms with Crippen molar-refractivity contribution in [2.45, 2.75) is 64.2 Å². The molecule has 1 aromatic carbocycles. The van der Waals surface area contributed by atoms with Gasteiger partial charge in [-0.3, -0.25) is 4.79 Å². The van der Waals surface area contributed by atoms with E-state index in [4.69, 9.17) is 10.5 Å². The van der Waals surface area contributed by atoms with Gasteiger partial charge in [0.15, 0.2) is 0 Å². The van der Waals surface area contributed by atoms with E-state index in [1.54, 1.807) is 0 Å². The summed E-state index contributed by atoms with van der Waals surface area (Å²) in [6.07, 6.45) is 7.67. The highest BCUT2D eigenvalue weighted by Crippen LogP contribution is 2.28. The van der Waals surface area contributed by atoms with Crippen molar-refractivity contribution in [1.29, 1.82) is 0 Å². The minimum absolute atomic E-state index is 0.128. The van der Waals surface area contributed by atoms with E-state index < -0.39 is 0 Å². The van der Waals surface area contributed by atoms with Crippen LogP contribution in [0.4, 0.5) is 0 Å². The van der Waals surface area contributed by atoms with Crippen LogP contribution in [0.2, 0.25) is 0 Å². The number of rotatable bonds is 4. The third-order valence-corrected chi connectivity index (χ3v) is 5.51. The van der Waals surface area contributed by atoms with Gasteiger partial charge in [0.25, 0.3) is 5.91 Å². The molecule has 0 unspecified atom stereocenters. The predicted molar refractivity (Wildman–Crippen MR) is 95.8 cm³/mol. The molecule has 1 saturated carbocycles. The number of hydrogen-bond acceptors (Lipinski definition) is 3. The van der Waals surface area contributed by atoms with Crippen LogP contribution in [0.25, 0.3) is 0 Å². The summed E-state index contributed by atoms with van der Waals surface area (Å²) in [5, 5.41) is 0. The molecule has 0 spiro atoms.